The number of fused-ring (bicyclic) bond motifs is 1. The predicted octanol–water partition coefficient (Wildman–Crippen LogP) is 2.83. The lowest BCUT2D eigenvalue weighted by molar-refractivity contribution is 0.0199. The van der Waals surface area contributed by atoms with Crippen LogP contribution in [0.2, 0.25) is 0 Å². The molecular formula is C18H23FN4O3. The molecule has 0 unspecified atom stereocenters. The maximum Gasteiger partial charge on any atom is 0.410 e. The zero-order valence-corrected chi connectivity index (χ0v) is 15.1. The Labute approximate surface area is 150 Å². The molecule has 7 nitrogen and oxygen atoms in total. The van der Waals surface area contributed by atoms with Crippen molar-refractivity contribution in [2.75, 3.05) is 13.1 Å². The highest BCUT2D eigenvalue weighted by Crippen LogP contribution is 2.21. The fraction of sp³-hybridized carbons (Fsp3) is 0.500. The molecule has 0 saturated carbocycles. The van der Waals surface area contributed by atoms with Crippen LogP contribution in [-0.4, -0.2) is 51.6 Å². The van der Waals surface area contributed by atoms with E-state index in [1.807, 2.05) is 20.8 Å². The SMILES string of the molecule is CC(C)(C)OC(=O)N1CCC(NC(=O)c2c[nH]c3nccc(F)c23)CC1. The van der Waals surface area contributed by atoms with Gasteiger partial charge in [0.15, 0.2) is 0 Å². The number of nitrogens with zero attached hydrogens (tertiary/aromatic N) is 2. The molecular weight excluding hydrogens is 339 g/mol. The number of piperidine rings is 1. The van der Waals surface area contributed by atoms with Crippen LogP contribution in [0, 0.1) is 5.82 Å². The smallest absolute Gasteiger partial charge is 0.410 e. The molecule has 3 heterocycles. The van der Waals surface area contributed by atoms with Crippen LogP contribution in [0.3, 0.4) is 0 Å². The second-order valence-electron chi connectivity index (χ2n) is 7.43. The van der Waals surface area contributed by atoms with Gasteiger partial charge in [0, 0.05) is 31.5 Å². The fourth-order valence-corrected chi connectivity index (χ4v) is 2.99. The number of aromatic nitrogens is 2. The van der Waals surface area contributed by atoms with Crippen LogP contribution >= 0.6 is 0 Å². The van der Waals surface area contributed by atoms with Gasteiger partial charge in [-0.15, -0.1) is 0 Å². The van der Waals surface area contributed by atoms with Crippen molar-refractivity contribution in [3.8, 4) is 0 Å². The molecule has 2 aromatic heterocycles. The van der Waals surface area contributed by atoms with Crippen molar-refractivity contribution in [2.24, 2.45) is 0 Å². The Morgan fingerprint density at radius 2 is 2.04 bits per heavy atom. The van der Waals surface area contributed by atoms with E-state index in [-0.39, 0.29) is 29.0 Å². The van der Waals surface area contributed by atoms with Gasteiger partial charge in [-0.05, 0) is 39.7 Å². The molecule has 2 N–H and O–H groups in total. The standard InChI is InChI=1S/C18H23FN4O3/c1-18(2,3)26-17(25)23-8-5-11(6-9-23)22-16(24)12-10-21-15-14(12)13(19)4-7-20-15/h4,7,10-11H,5-6,8-9H2,1-3H3,(H,20,21)(H,22,24). The molecule has 26 heavy (non-hydrogen) atoms. The molecule has 8 heteroatoms. The number of aromatic amines is 1. The molecule has 0 radical (unpaired) electrons. The van der Waals surface area contributed by atoms with Crippen LogP contribution in [0.15, 0.2) is 18.5 Å². The Balaban J connectivity index is 1.59. The van der Waals surface area contributed by atoms with Crippen LogP contribution in [-0.2, 0) is 4.74 Å². The van der Waals surface area contributed by atoms with Crippen LogP contribution < -0.4 is 5.32 Å². The number of amides is 2. The first-order valence-electron chi connectivity index (χ1n) is 8.65. The molecule has 140 valence electrons. The number of hydrogen-bond acceptors (Lipinski definition) is 4. The Morgan fingerprint density at radius 1 is 1.35 bits per heavy atom. The summed E-state index contributed by atoms with van der Waals surface area (Å²) in [7, 11) is 0. The summed E-state index contributed by atoms with van der Waals surface area (Å²) in [5.41, 5.74) is 0.0466. The number of nitrogens with one attached hydrogen (secondary N) is 2. The lowest BCUT2D eigenvalue weighted by atomic mass is 10.0. The second-order valence-corrected chi connectivity index (χ2v) is 7.43. The van der Waals surface area contributed by atoms with E-state index in [4.69, 9.17) is 4.74 Å². The van der Waals surface area contributed by atoms with Gasteiger partial charge >= 0.3 is 6.09 Å². The lowest BCUT2D eigenvalue weighted by Crippen LogP contribution is -2.47. The highest BCUT2D eigenvalue weighted by Gasteiger charge is 2.28. The second kappa shape index (κ2) is 6.93. The van der Waals surface area contributed by atoms with Gasteiger partial charge in [-0.1, -0.05) is 0 Å². The molecule has 1 saturated heterocycles. The number of halogens is 1. The first kappa shape index (κ1) is 18.2. The minimum Gasteiger partial charge on any atom is -0.444 e. The van der Waals surface area contributed by atoms with Crippen LogP contribution in [0.1, 0.15) is 44.0 Å². The number of hydrogen-bond donors (Lipinski definition) is 2. The Kier molecular flexibility index (Phi) is 4.84. The van der Waals surface area contributed by atoms with E-state index >= 15 is 0 Å². The fourth-order valence-electron chi connectivity index (χ4n) is 2.99. The van der Waals surface area contributed by atoms with Gasteiger partial charge in [0.2, 0.25) is 0 Å². The third-order valence-electron chi connectivity index (χ3n) is 4.25. The molecule has 1 fully saturated rings. The van der Waals surface area contributed by atoms with Crippen LogP contribution in [0.25, 0.3) is 11.0 Å². The molecule has 0 spiro atoms. The topological polar surface area (TPSA) is 87.3 Å². The average molecular weight is 362 g/mol. The third kappa shape index (κ3) is 3.95. The summed E-state index contributed by atoms with van der Waals surface area (Å²) in [6.07, 6.45) is 3.71. The molecule has 0 aromatic carbocycles. The number of carbonyl (C=O) groups excluding carboxylic acids is 2. The molecule has 2 aromatic rings. The Hall–Kier alpha value is -2.64. The van der Waals surface area contributed by atoms with E-state index in [1.54, 1.807) is 4.90 Å². The molecule has 0 atom stereocenters. The van der Waals surface area contributed by atoms with Crippen molar-refractivity contribution < 1.29 is 18.7 Å². The molecule has 0 bridgehead atoms. The molecule has 1 aliphatic rings. The van der Waals surface area contributed by atoms with E-state index in [1.165, 1.54) is 18.5 Å². The first-order valence-corrected chi connectivity index (χ1v) is 8.65. The monoisotopic (exact) mass is 362 g/mol. The average Bonchev–Trinajstić information content (AvgIpc) is 2.99. The van der Waals surface area contributed by atoms with Crippen molar-refractivity contribution in [3.05, 3.63) is 29.8 Å². The van der Waals surface area contributed by atoms with Gasteiger partial charge in [0.05, 0.1) is 10.9 Å². The Bertz CT molecular complexity index is 819. The zero-order chi connectivity index (χ0) is 18.9. The number of pyridine rings is 1. The van der Waals surface area contributed by atoms with Crippen molar-refractivity contribution in [3.63, 3.8) is 0 Å². The number of likely N-dealkylation sites (tertiary alicyclic amines) is 1. The number of rotatable bonds is 2. The van der Waals surface area contributed by atoms with E-state index in [0.29, 0.717) is 31.6 Å². The summed E-state index contributed by atoms with van der Waals surface area (Å²) in [5.74, 6) is -0.833. The van der Waals surface area contributed by atoms with E-state index in [2.05, 4.69) is 15.3 Å². The van der Waals surface area contributed by atoms with Crippen LogP contribution in [0.4, 0.5) is 9.18 Å². The van der Waals surface area contributed by atoms with Gasteiger partial charge in [0.25, 0.3) is 5.91 Å². The summed E-state index contributed by atoms with van der Waals surface area (Å²) in [6, 6.07) is 1.15. The largest absolute Gasteiger partial charge is 0.444 e. The molecule has 3 rings (SSSR count). The van der Waals surface area contributed by atoms with Crippen molar-refractivity contribution in [1.29, 1.82) is 0 Å². The minimum absolute atomic E-state index is 0.0779. The number of carbonyl (C=O) groups is 2. The van der Waals surface area contributed by atoms with E-state index in [0.717, 1.165) is 0 Å². The maximum absolute atomic E-state index is 14.0. The van der Waals surface area contributed by atoms with Crippen molar-refractivity contribution in [2.45, 2.75) is 45.3 Å². The number of ether oxygens (including phenoxy) is 1. The normalized spacial score (nSPS) is 15.9. The highest BCUT2D eigenvalue weighted by molar-refractivity contribution is 6.06. The Morgan fingerprint density at radius 3 is 2.69 bits per heavy atom. The van der Waals surface area contributed by atoms with Gasteiger partial charge in [-0.25, -0.2) is 14.2 Å². The highest BCUT2D eigenvalue weighted by atomic mass is 19.1. The van der Waals surface area contributed by atoms with Gasteiger partial charge in [-0.2, -0.15) is 0 Å². The van der Waals surface area contributed by atoms with Crippen molar-refractivity contribution in [1.82, 2.24) is 20.2 Å². The van der Waals surface area contributed by atoms with Gasteiger partial charge in [-0.3, -0.25) is 4.79 Å². The molecule has 0 aliphatic carbocycles. The summed E-state index contributed by atoms with van der Waals surface area (Å²) < 4.78 is 19.4. The molecule has 2 amide bonds. The zero-order valence-electron chi connectivity index (χ0n) is 15.1. The number of H-pyrrole nitrogens is 1. The maximum atomic E-state index is 14.0. The van der Waals surface area contributed by atoms with E-state index in [9.17, 15) is 14.0 Å². The summed E-state index contributed by atoms with van der Waals surface area (Å²) in [4.78, 5) is 33.1. The summed E-state index contributed by atoms with van der Waals surface area (Å²) in [5, 5.41) is 3.11. The van der Waals surface area contributed by atoms with Gasteiger partial charge in [0.1, 0.15) is 17.1 Å². The van der Waals surface area contributed by atoms with E-state index < -0.39 is 11.4 Å². The first-order chi connectivity index (χ1) is 12.2. The van der Waals surface area contributed by atoms with Crippen LogP contribution in [0.5, 0.6) is 0 Å². The third-order valence-corrected chi connectivity index (χ3v) is 4.25. The van der Waals surface area contributed by atoms with Crippen molar-refractivity contribution >= 4 is 23.0 Å². The summed E-state index contributed by atoms with van der Waals surface area (Å²) >= 11 is 0. The predicted molar refractivity (Wildman–Crippen MR) is 94.3 cm³/mol. The molecule has 1 aliphatic heterocycles. The van der Waals surface area contributed by atoms with Gasteiger partial charge < -0.3 is 19.9 Å². The minimum atomic E-state index is -0.532. The summed E-state index contributed by atoms with van der Waals surface area (Å²) in [6.45, 7) is 6.49. The lowest BCUT2D eigenvalue weighted by Gasteiger charge is -2.33. The quantitative estimate of drug-likeness (QED) is 0.860.